The molecule has 1 aliphatic heterocycles. The van der Waals surface area contributed by atoms with Gasteiger partial charge in [-0.25, -0.2) is 13.4 Å². The van der Waals surface area contributed by atoms with Crippen molar-refractivity contribution in [3.8, 4) is 0 Å². The maximum absolute atomic E-state index is 12.5. The van der Waals surface area contributed by atoms with E-state index >= 15 is 0 Å². The Kier molecular flexibility index (Phi) is 3.82. The van der Waals surface area contributed by atoms with Crippen LogP contribution in [0.15, 0.2) is 29.4 Å². The lowest BCUT2D eigenvalue weighted by Crippen LogP contribution is -2.31. The minimum absolute atomic E-state index is 0. The smallest absolute Gasteiger partial charge is 0.245 e. The largest absolute Gasteiger partial charge is 0.345 e. The Balaban J connectivity index is 0.00000133. The summed E-state index contributed by atoms with van der Waals surface area (Å²) in [5.41, 5.74) is 6.34. The molecule has 8 heteroatoms. The standard InChI is InChI=1S/C11H14N4O2S.ClH/c12-8-3-5-15(7-8)18(16,17)10-6-14-11-9(10)2-1-4-13-11;/h1-2,4,6,8H,3,5,7,12H2,(H,13,14);1H/t8-;/m1./s1. The van der Waals surface area contributed by atoms with Crippen molar-refractivity contribution in [2.24, 2.45) is 5.73 Å². The first kappa shape index (κ1) is 14.3. The van der Waals surface area contributed by atoms with Crippen molar-refractivity contribution >= 4 is 33.5 Å². The number of aromatic nitrogens is 2. The van der Waals surface area contributed by atoms with E-state index in [0.29, 0.717) is 30.5 Å². The van der Waals surface area contributed by atoms with Crippen LogP contribution in [-0.4, -0.2) is 41.8 Å². The summed E-state index contributed by atoms with van der Waals surface area (Å²) in [6.07, 6.45) is 3.83. The molecule has 0 radical (unpaired) electrons. The van der Waals surface area contributed by atoms with Crippen molar-refractivity contribution in [3.63, 3.8) is 0 Å². The number of nitrogens with zero attached hydrogens (tertiary/aromatic N) is 2. The SMILES string of the molecule is Cl.N[C@@H]1CCN(S(=O)(=O)c2c[nH]c3ncccc23)C1. The summed E-state index contributed by atoms with van der Waals surface area (Å²) in [6, 6.07) is 3.41. The molecule has 2 aromatic rings. The highest BCUT2D eigenvalue weighted by molar-refractivity contribution is 7.89. The van der Waals surface area contributed by atoms with Crippen LogP contribution < -0.4 is 5.73 Å². The fourth-order valence-electron chi connectivity index (χ4n) is 2.26. The predicted molar refractivity (Wildman–Crippen MR) is 74.7 cm³/mol. The minimum Gasteiger partial charge on any atom is -0.345 e. The van der Waals surface area contributed by atoms with E-state index in [9.17, 15) is 8.42 Å². The molecule has 1 aliphatic rings. The molecule has 3 heterocycles. The van der Waals surface area contributed by atoms with Gasteiger partial charge in [0.1, 0.15) is 10.5 Å². The third-order valence-corrected chi connectivity index (χ3v) is 5.12. The van der Waals surface area contributed by atoms with Crippen molar-refractivity contribution in [3.05, 3.63) is 24.5 Å². The fourth-order valence-corrected chi connectivity index (χ4v) is 3.92. The van der Waals surface area contributed by atoms with Gasteiger partial charge in [-0.1, -0.05) is 0 Å². The van der Waals surface area contributed by atoms with Gasteiger partial charge in [0.25, 0.3) is 0 Å². The quantitative estimate of drug-likeness (QED) is 0.854. The van der Waals surface area contributed by atoms with Gasteiger partial charge in [0.15, 0.2) is 0 Å². The van der Waals surface area contributed by atoms with Gasteiger partial charge in [-0.15, -0.1) is 12.4 Å². The molecule has 0 saturated carbocycles. The number of pyridine rings is 1. The lowest BCUT2D eigenvalue weighted by molar-refractivity contribution is 0.473. The van der Waals surface area contributed by atoms with Crippen molar-refractivity contribution in [1.82, 2.24) is 14.3 Å². The van der Waals surface area contributed by atoms with Crippen LogP contribution in [0.2, 0.25) is 0 Å². The van der Waals surface area contributed by atoms with Crippen molar-refractivity contribution in [2.75, 3.05) is 13.1 Å². The summed E-state index contributed by atoms with van der Waals surface area (Å²) >= 11 is 0. The van der Waals surface area contributed by atoms with Crippen LogP contribution in [0.1, 0.15) is 6.42 Å². The van der Waals surface area contributed by atoms with E-state index in [1.165, 1.54) is 10.5 Å². The Morgan fingerprint density at radius 2 is 2.26 bits per heavy atom. The number of nitrogens with two attached hydrogens (primary N) is 1. The molecule has 0 unspecified atom stereocenters. The summed E-state index contributed by atoms with van der Waals surface area (Å²) < 4.78 is 26.4. The van der Waals surface area contributed by atoms with Crippen LogP contribution in [0.4, 0.5) is 0 Å². The van der Waals surface area contributed by atoms with Crippen LogP contribution in [0.3, 0.4) is 0 Å². The molecule has 2 aromatic heterocycles. The topological polar surface area (TPSA) is 92.1 Å². The summed E-state index contributed by atoms with van der Waals surface area (Å²) in [7, 11) is -3.47. The first-order valence-electron chi connectivity index (χ1n) is 5.77. The number of halogens is 1. The third kappa shape index (κ3) is 2.34. The van der Waals surface area contributed by atoms with E-state index in [2.05, 4.69) is 9.97 Å². The zero-order valence-electron chi connectivity index (χ0n) is 10.1. The number of sulfonamides is 1. The van der Waals surface area contributed by atoms with Gasteiger partial charge in [-0.3, -0.25) is 0 Å². The number of rotatable bonds is 2. The van der Waals surface area contributed by atoms with E-state index in [4.69, 9.17) is 5.73 Å². The van der Waals surface area contributed by atoms with E-state index in [-0.39, 0.29) is 23.3 Å². The Labute approximate surface area is 117 Å². The molecule has 19 heavy (non-hydrogen) atoms. The number of nitrogens with one attached hydrogen (secondary N) is 1. The average molecular weight is 303 g/mol. The van der Waals surface area contributed by atoms with E-state index in [0.717, 1.165) is 0 Å². The number of hydrogen-bond donors (Lipinski definition) is 2. The summed E-state index contributed by atoms with van der Waals surface area (Å²) in [4.78, 5) is 7.25. The van der Waals surface area contributed by atoms with Crippen LogP contribution in [0, 0.1) is 0 Å². The second-order valence-electron chi connectivity index (χ2n) is 4.46. The summed E-state index contributed by atoms with van der Waals surface area (Å²) in [5.74, 6) is 0. The van der Waals surface area contributed by atoms with Gasteiger partial charge >= 0.3 is 0 Å². The zero-order chi connectivity index (χ0) is 12.8. The number of fused-ring (bicyclic) bond motifs is 1. The molecule has 0 bridgehead atoms. The van der Waals surface area contributed by atoms with Crippen LogP contribution in [-0.2, 0) is 10.0 Å². The van der Waals surface area contributed by atoms with Crippen LogP contribution in [0.5, 0.6) is 0 Å². The van der Waals surface area contributed by atoms with E-state index in [1.807, 2.05) is 0 Å². The molecule has 0 spiro atoms. The maximum Gasteiger partial charge on any atom is 0.245 e. The Morgan fingerprint density at radius 1 is 1.47 bits per heavy atom. The van der Waals surface area contributed by atoms with Crippen molar-refractivity contribution in [2.45, 2.75) is 17.4 Å². The number of hydrogen-bond acceptors (Lipinski definition) is 4. The molecular weight excluding hydrogens is 288 g/mol. The molecule has 3 N–H and O–H groups in total. The molecule has 0 amide bonds. The molecule has 1 fully saturated rings. The Bertz CT molecular complexity index is 685. The summed E-state index contributed by atoms with van der Waals surface area (Å²) in [5, 5.41) is 0.623. The summed E-state index contributed by atoms with van der Waals surface area (Å²) in [6.45, 7) is 0.867. The number of H-pyrrole nitrogens is 1. The monoisotopic (exact) mass is 302 g/mol. The molecule has 1 atom stereocenters. The van der Waals surface area contributed by atoms with E-state index in [1.54, 1.807) is 18.3 Å². The molecule has 0 aromatic carbocycles. The molecule has 104 valence electrons. The van der Waals surface area contributed by atoms with E-state index < -0.39 is 10.0 Å². The highest BCUT2D eigenvalue weighted by atomic mass is 35.5. The van der Waals surface area contributed by atoms with Crippen LogP contribution in [0.25, 0.3) is 11.0 Å². The van der Waals surface area contributed by atoms with Crippen molar-refractivity contribution < 1.29 is 8.42 Å². The number of aromatic amines is 1. The molecule has 1 saturated heterocycles. The van der Waals surface area contributed by atoms with Crippen LogP contribution >= 0.6 is 12.4 Å². The van der Waals surface area contributed by atoms with Gasteiger partial charge < -0.3 is 10.7 Å². The Morgan fingerprint density at radius 3 is 2.95 bits per heavy atom. The first-order chi connectivity index (χ1) is 8.59. The molecule has 0 aliphatic carbocycles. The predicted octanol–water partition coefficient (Wildman–Crippen LogP) is 0.706. The second-order valence-corrected chi connectivity index (χ2v) is 6.37. The first-order valence-corrected chi connectivity index (χ1v) is 7.21. The van der Waals surface area contributed by atoms with Gasteiger partial charge in [0, 0.05) is 36.9 Å². The normalized spacial score (nSPS) is 20.6. The molecule has 6 nitrogen and oxygen atoms in total. The highest BCUT2D eigenvalue weighted by Gasteiger charge is 2.32. The maximum atomic E-state index is 12.5. The second kappa shape index (κ2) is 5.09. The van der Waals surface area contributed by atoms with Gasteiger partial charge in [-0.2, -0.15) is 4.31 Å². The van der Waals surface area contributed by atoms with Crippen molar-refractivity contribution in [1.29, 1.82) is 0 Å². The average Bonchev–Trinajstić information content (AvgIpc) is 2.95. The molecular formula is C11H15ClN4O2S. The minimum atomic E-state index is -3.47. The lowest BCUT2D eigenvalue weighted by Gasteiger charge is -2.14. The zero-order valence-corrected chi connectivity index (χ0v) is 11.7. The van der Waals surface area contributed by atoms with Gasteiger partial charge in [0.05, 0.1) is 0 Å². The molecule has 3 rings (SSSR count). The van der Waals surface area contributed by atoms with Gasteiger partial charge in [-0.05, 0) is 18.6 Å². The third-order valence-electron chi connectivity index (χ3n) is 3.22. The van der Waals surface area contributed by atoms with Gasteiger partial charge in [0.2, 0.25) is 10.0 Å². The lowest BCUT2D eigenvalue weighted by atomic mass is 10.3. The fraction of sp³-hybridized carbons (Fsp3) is 0.364. The Hall–Kier alpha value is -1.15. The highest BCUT2D eigenvalue weighted by Crippen LogP contribution is 2.26.